The van der Waals surface area contributed by atoms with Crippen molar-refractivity contribution in [3.8, 4) is 0 Å². The molecule has 11 heavy (non-hydrogen) atoms. The maximum atomic E-state index is 12.4. The zero-order valence-corrected chi connectivity index (χ0v) is 5.92. The topological polar surface area (TPSA) is 52.0 Å². The van der Waals surface area contributed by atoms with Gasteiger partial charge in [0.2, 0.25) is 0 Å². The Morgan fingerprint density at radius 2 is 1.82 bits per heavy atom. The molecule has 58 valence electrons. The lowest BCUT2D eigenvalue weighted by Gasteiger charge is -1.98. The van der Waals surface area contributed by atoms with Crippen LogP contribution in [0, 0.1) is 5.82 Å². The number of hydrogen-bond acceptors (Lipinski definition) is 2. The van der Waals surface area contributed by atoms with Crippen LogP contribution in [0.4, 0.5) is 4.39 Å². The van der Waals surface area contributed by atoms with Gasteiger partial charge in [-0.2, -0.15) is 0 Å². The number of rotatable bonds is 1. The summed E-state index contributed by atoms with van der Waals surface area (Å²) in [5.74, 6) is -0.279. The van der Waals surface area contributed by atoms with E-state index in [0.29, 0.717) is 5.70 Å². The highest BCUT2D eigenvalue weighted by molar-refractivity contribution is 5.61. The molecule has 2 nitrogen and oxygen atoms in total. The summed E-state index contributed by atoms with van der Waals surface area (Å²) in [7, 11) is 0. The van der Waals surface area contributed by atoms with E-state index in [4.69, 9.17) is 11.5 Å². The van der Waals surface area contributed by atoms with Gasteiger partial charge in [-0.05, 0) is 29.8 Å². The van der Waals surface area contributed by atoms with Crippen LogP contribution in [-0.2, 0) is 0 Å². The lowest BCUT2D eigenvalue weighted by Crippen LogP contribution is -1.99. The molecular formula is C8H9FN2. The minimum atomic E-state index is -0.279. The summed E-state index contributed by atoms with van der Waals surface area (Å²) in [5.41, 5.74) is 11.8. The minimum absolute atomic E-state index is 0.279. The van der Waals surface area contributed by atoms with Crippen molar-refractivity contribution in [3.63, 3.8) is 0 Å². The molecule has 3 heteroatoms. The van der Waals surface area contributed by atoms with Gasteiger partial charge in [0.15, 0.2) is 0 Å². The molecule has 1 aromatic rings. The van der Waals surface area contributed by atoms with Gasteiger partial charge in [-0.15, -0.1) is 0 Å². The highest BCUT2D eigenvalue weighted by Gasteiger charge is 1.94. The molecule has 0 amide bonds. The summed E-state index contributed by atoms with van der Waals surface area (Å²) in [4.78, 5) is 0. The Morgan fingerprint density at radius 3 is 2.27 bits per heavy atom. The van der Waals surface area contributed by atoms with Crippen molar-refractivity contribution < 1.29 is 4.39 Å². The van der Waals surface area contributed by atoms with Crippen LogP contribution in [0.1, 0.15) is 5.56 Å². The molecule has 0 saturated carbocycles. The first-order valence-corrected chi connectivity index (χ1v) is 3.17. The number of nitrogens with two attached hydrogens (primary N) is 2. The van der Waals surface area contributed by atoms with E-state index in [1.165, 1.54) is 18.3 Å². The Balaban J connectivity index is 2.99. The van der Waals surface area contributed by atoms with Crippen LogP contribution >= 0.6 is 0 Å². The first kappa shape index (κ1) is 7.60. The van der Waals surface area contributed by atoms with Crippen LogP contribution in [0.3, 0.4) is 0 Å². The summed E-state index contributed by atoms with van der Waals surface area (Å²) in [6.07, 6.45) is 1.28. The molecule has 0 heterocycles. The SMILES string of the molecule is N/C=C(/N)c1ccc(F)cc1. The molecule has 1 rings (SSSR count). The Bertz CT molecular complexity index is 264. The van der Waals surface area contributed by atoms with Gasteiger partial charge in [-0.25, -0.2) is 4.39 Å². The van der Waals surface area contributed by atoms with Crippen LogP contribution in [0.2, 0.25) is 0 Å². The van der Waals surface area contributed by atoms with Gasteiger partial charge < -0.3 is 11.5 Å². The van der Waals surface area contributed by atoms with Crippen LogP contribution < -0.4 is 11.5 Å². The molecule has 0 unspecified atom stereocenters. The second-order valence-electron chi connectivity index (χ2n) is 2.13. The van der Waals surface area contributed by atoms with Crippen molar-refractivity contribution in [1.82, 2.24) is 0 Å². The van der Waals surface area contributed by atoms with Gasteiger partial charge >= 0.3 is 0 Å². The van der Waals surface area contributed by atoms with Crippen LogP contribution in [0.25, 0.3) is 5.70 Å². The van der Waals surface area contributed by atoms with E-state index in [9.17, 15) is 4.39 Å². The van der Waals surface area contributed by atoms with Crippen molar-refractivity contribution in [3.05, 3.63) is 41.8 Å². The van der Waals surface area contributed by atoms with E-state index in [1.807, 2.05) is 0 Å². The zero-order valence-electron chi connectivity index (χ0n) is 5.92. The Labute approximate surface area is 64.3 Å². The molecule has 0 saturated heterocycles. The molecule has 0 bridgehead atoms. The fraction of sp³-hybridized carbons (Fsp3) is 0. The fourth-order valence-electron chi connectivity index (χ4n) is 0.739. The molecule has 0 radical (unpaired) electrons. The molecule has 0 fully saturated rings. The smallest absolute Gasteiger partial charge is 0.123 e. The van der Waals surface area contributed by atoms with Gasteiger partial charge in [-0.1, -0.05) is 0 Å². The quantitative estimate of drug-likeness (QED) is 0.631. The van der Waals surface area contributed by atoms with E-state index >= 15 is 0 Å². The van der Waals surface area contributed by atoms with Gasteiger partial charge in [0, 0.05) is 6.20 Å². The first-order chi connectivity index (χ1) is 5.24. The molecule has 0 aromatic heterocycles. The van der Waals surface area contributed by atoms with E-state index in [1.54, 1.807) is 12.1 Å². The third kappa shape index (κ3) is 1.70. The van der Waals surface area contributed by atoms with Crippen LogP contribution in [0.15, 0.2) is 30.5 Å². The molecule has 0 aliphatic carbocycles. The number of hydrogen-bond donors (Lipinski definition) is 2. The van der Waals surface area contributed by atoms with Crippen LogP contribution in [-0.4, -0.2) is 0 Å². The zero-order chi connectivity index (χ0) is 8.27. The van der Waals surface area contributed by atoms with Crippen molar-refractivity contribution in [2.24, 2.45) is 11.5 Å². The van der Waals surface area contributed by atoms with Gasteiger partial charge in [0.05, 0.1) is 5.70 Å². The molecule has 0 atom stereocenters. The van der Waals surface area contributed by atoms with E-state index in [2.05, 4.69) is 0 Å². The van der Waals surface area contributed by atoms with Crippen LogP contribution in [0.5, 0.6) is 0 Å². The maximum absolute atomic E-state index is 12.4. The molecule has 0 aliphatic rings. The van der Waals surface area contributed by atoms with E-state index in [0.717, 1.165) is 5.56 Å². The summed E-state index contributed by atoms with van der Waals surface area (Å²) in [6, 6.07) is 5.83. The van der Waals surface area contributed by atoms with Gasteiger partial charge in [0.25, 0.3) is 0 Å². The maximum Gasteiger partial charge on any atom is 0.123 e. The lowest BCUT2D eigenvalue weighted by atomic mass is 10.2. The first-order valence-electron chi connectivity index (χ1n) is 3.17. The number of benzene rings is 1. The minimum Gasteiger partial charge on any atom is -0.403 e. The van der Waals surface area contributed by atoms with Gasteiger partial charge in [0.1, 0.15) is 5.82 Å². The average molecular weight is 152 g/mol. The second-order valence-corrected chi connectivity index (χ2v) is 2.13. The lowest BCUT2D eigenvalue weighted by molar-refractivity contribution is 0.627. The summed E-state index contributed by atoms with van der Waals surface area (Å²) in [6.45, 7) is 0. The highest BCUT2D eigenvalue weighted by atomic mass is 19.1. The highest BCUT2D eigenvalue weighted by Crippen LogP contribution is 2.07. The average Bonchev–Trinajstić information content (AvgIpc) is 2.05. The largest absolute Gasteiger partial charge is 0.403 e. The Kier molecular flexibility index (Phi) is 2.11. The Morgan fingerprint density at radius 1 is 1.27 bits per heavy atom. The molecule has 0 spiro atoms. The molecule has 4 N–H and O–H groups in total. The summed E-state index contributed by atoms with van der Waals surface area (Å²) in [5, 5.41) is 0. The van der Waals surface area contributed by atoms with E-state index < -0.39 is 0 Å². The number of halogens is 1. The van der Waals surface area contributed by atoms with Crippen molar-refractivity contribution >= 4 is 5.70 Å². The summed E-state index contributed by atoms with van der Waals surface area (Å²) < 4.78 is 12.4. The predicted molar refractivity (Wildman–Crippen MR) is 42.8 cm³/mol. The predicted octanol–water partition coefficient (Wildman–Crippen LogP) is 1.04. The molecule has 0 aliphatic heterocycles. The Hall–Kier alpha value is -1.51. The normalized spacial score (nSPS) is 11.5. The third-order valence-corrected chi connectivity index (χ3v) is 1.36. The van der Waals surface area contributed by atoms with E-state index in [-0.39, 0.29) is 5.82 Å². The molecular weight excluding hydrogens is 143 g/mol. The second kappa shape index (κ2) is 3.05. The molecule has 1 aromatic carbocycles. The van der Waals surface area contributed by atoms with Crippen molar-refractivity contribution in [2.75, 3.05) is 0 Å². The third-order valence-electron chi connectivity index (χ3n) is 1.36. The fourth-order valence-corrected chi connectivity index (χ4v) is 0.739. The van der Waals surface area contributed by atoms with Crippen molar-refractivity contribution in [2.45, 2.75) is 0 Å². The standard InChI is InChI=1S/C8H9FN2/c9-7-3-1-6(2-4-7)8(11)5-10/h1-5H,10-11H2/b8-5+. The monoisotopic (exact) mass is 152 g/mol. The summed E-state index contributed by atoms with van der Waals surface area (Å²) >= 11 is 0. The van der Waals surface area contributed by atoms with Crippen molar-refractivity contribution in [1.29, 1.82) is 0 Å². The van der Waals surface area contributed by atoms with Gasteiger partial charge in [-0.3, -0.25) is 0 Å².